The van der Waals surface area contributed by atoms with Crippen LogP contribution in [0.3, 0.4) is 0 Å². The monoisotopic (exact) mass is 382 g/mol. The Balaban J connectivity index is 1.89. The van der Waals surface area contributed by atoms with Gasteiger partial charge < -0.3 is 15.4 Å². The zero-order chi connectivity index (χ0) is 20.2. The van der Waals surface area contributed by atoms with Gasteiger partial charge in [0.25, 0.3) is 11.8 Å². The molecule has 0 saturated heterocycles. The third-order valence-electron chi connectivity index (χ3n) is 4.30. The lowest BCUT2D eigenvalue weighted by Crippen LogP contribution is -2.24. The van der Waals surface area contributed by atoms with E-state index in [0.29, 0.717) is 30.0 Å². The van der Waals surface area contributed by atoms with E-state index in [1.807, 2.05) is 19.1 Å². The predicted octanol–water partition coefficient (Wildman–Crippen LogP) is 5.04. The highest BCUT2D eigenvalue weighted by atomic mass is 16.5. The van der Waals surface area contributed by atoms with Gasteiger partial charge in [-0.05, 0) is 55.3 Å². The van der Waals surface area contributed by atoms with Gasteiger partial charge in [0.1, 0.15) is 5.75 Å². The number of hydrogen-bond acceptors (Lipinski definition) is 3. The molecule has 0 aliphatic carbocycles. The molecule has 150 valence electrons. The number of amides is 2. The number of nitrogens with one attached hydrogen (secondary N) is 2. The molecule has 2 aromatic rings. The molecule has 28 heavy (non-hydrogen) atoms. The second-order valence-electron chi connectivity index (χ2n) is 6.72. The lowest BCUT2D eigenvalue weighted by Gasteiger charge is -2.09. The maximum absolute atomic E-state index is 12.5. The van der Waals surface area contributed by atoms with Gasteiger partial charge in [-0.3, -0.25) is 9.59 Å². The Bertz CT molecular complexity index is 757. The smallest absolute Gasteiger partial charge is 0.255 e. The van der Waals surface area contributed by atoms with Crippen molar-refractivity contribution in [2.45, 2.75) is 46.0 Å². The van der Waals surface area contributed by atoms with Crippen molar-refractivity contribution in [1.29, 1.82) is 0 Å². The number of ether oxygens (including phenoxy) is 1. The summed E-state index contributed by atoms with van der Waals surface area (Å²) in [5, 5.41) is 5.67. The molecule has 0 unspecified atom stereocenters. The van der Waals surface area contributed by atoms with Crippen LogP contribution < -0.4 is 15.4 Å². The molecule has 2 amide bonds. The first-order valence-electron chi connectivity index (χ1n) is 10.1. The first kappa shape index (κ1) is 21.5. The van der Waals surface area contributed by atoms with Crippen molar-refractivity contribution in [3.05, 3.63) is 59.7 Å². The average Bonchev–Trinajstić information content (AvgIpc) is 2.72. The molecule has 2 N–H and O–H groups in total. The Morgan fingerprint density at radius 1 is 0.857 bits per heavy atom. The number of rotatable bonds is 11. The summed E-state index contributed by atoms with van der Waals surface area (Å²) in [6.07, 6.45) is 5.52. The lowest BCUT2D eigenvalue weighted by atomic mass is 10.1. The van der Waals surface area contributed by atoms with Crippen molar-refractivity contribution in [1.82, 2.24) is 5.32 Å². The number of carbonyl (C=O) groups excluding carboxylic acids is 2. The standard InChI is InChI=1S/C23H30N2O3/c1-3-5-6-7-16-28-21-13-11-18(12-14-21)23(27)25-20-10-8-9-19(17-20)22(26)24-15-4-2/h8-14,17H,3-7,15-16H2,1-2H3,(H,24,26)(H,25,27). The highest BCUT2D eigenvalue weighted by Gasteiger charge is 2.09. The van der Waals surface area contributed by atoms with E-state index >= 15 is 0 Å². The van der Waals surface area contributed by atoms with Crippen molar-refractivity contribution < 1.29 is 14.3 Å². The molecule has 0 fully saturated rings. The molecular weight excluding hydrogens is 352 g/mol. The fourth-order valence-corrected chi connectivity index (χ4v) is 2.70. The SMILES string of the molecule is CCCCCCOc1ccc(C(=O)Nc2cccc(C(=O)NCCC)c2)cc1. The van der Waals surface area contributed by atoms with E-state index in [-0.39, 0.29) is 11.8 Å². The minimum Gasteiger partial charge on any atom is -0.494 e. The van der Waals surface area contributed by atoms with Crippen LogP contribution >= 0.6 is 0 Å². The molecule has 0 atom stereocenters. The summed E-state index contributed by atoms with van der Waals surface area (Å²) in [6.45, 7) is 5.50. The maximum atomic E-state index is 12.5. The molecular formula is C23H30N2O3. The summed E-state index contributed by atoms with van der Waals surface area (Å²) < 4.78 is 5.70. The van der Waals surface area contributed by atoms with Gasteiger partial charge in [-0.1, -0.05) is 39.2 Å². The topological polar surface area (TPSA) is 67.4 Å². The van der Waals surface area contributed by atoms with Crippen LogP contribution in [-0.4, -0.2) is 25.0 Å². The molecule has 2 rings (SSSR count). The van der Waals surface area contributed by atoms with E-state index in [9.17, 15) is 9.59 Å². The van der Waals surface area contributed by atoms with E-state index in [0.717, 1.165) is 18.6 Å². The molecule has 0 aliphatic heterocycles. The number of carbonyl (C=O) groups is 2. The highest BCUT2D eigenvalue weighted by molar-refractivity contribution is 6.05. The second kappa shape index (κ2) is 11.8. The van der Waals surface area contributed by atoms with Gasteiger partial charge in [0.15, 0.2) is 0 Å². The summed E-state index contributed by atoms with van der Waals surface area (Å²) in [5.74, 6) is 0.404. The van der Waals surface area contributed by atoms with Crippen molar-refractivity contribution in [3.63, 3.8) is 0 Å². The normalized spacial score (nSPS) is 10.4. The van der Waals surface area contributed by atoms with Crippen LogP contribution in [0.25, 0.3) is 0 Å². The van der Waals surface area contributed by atoms with E-state index in [1.165, 1.54) is 19.3 Å². The van der Waals surface area contributed by atoms with E-state index in [4.69, 9.17) is 4.74 Å². The third-order valence-corrected chi connectivity index (χ3v) is 4.30. The second-order valence-corrected chi connectivity index (χ2v) is 6.72. The van der Waals surface area contributed by atoms with Crippen molar-refractivity contribution in [3.8, 4) is 5.75 Å². The Hall–Kier alpha value is -2.82. The van der Waals surface area contributed by atoms with Crippen LogP contribution in [0.4, 0.5) is 5.69 Å². The molecule has 5 nitrogen and oxygen atoms in total. The molecule has 0 bridgehead atoms. The molecule has 0 saturated carbocycles. The zero-order valence-corrected chi connectivity index (χ0v) is 16.8. The summed E-state index contributed by atoms with van der Waals surface area (Å²) in [5.41, 5.74) is 1.66. The fourth-order valence-electron chi connectivity index (χ4n) is 2.70. The summed E-state index contributed by atoms with van der Waals surface area (Å²) in [6, 6.07) is 14.0. The van der Waals surface area contributed by atoms with E-state index < -0.39 is 0 Å². The molecule has 0 aliphatic rings. The van der Waals surface area contributed by atoms with Crippen LogP contribution in [0, 0.1) is 0 Å². The number of anilines is 1. The highest BCUT2D eigenvalue weighted by Crippen LogP contribution is 2.16. The van der Waals surface area contributed by atoms with E-state index in [1.54, 1.807) is 36.4 Å². The first-order valence-corrected chi connectivity index (χ1v) is 10.1. The molecule has 5 heteroatoms. The molecule has 0 heterocycles. The zero-order valence-electron chi connectivity index (χ0n) is 16.8. The van der Waals surface area contributed by atoms with Gasteiger partial charge in [-0.15, -0.1) is 0 Å². The molecule has 0 radical (unpaired) electrons. The van der Waals surface area contributed by atoms with Gasteiger partial charge in [-0.25, -0.2) is 0 Å². The van der Waals surface area contributed by atoms with Gasteiger partial charge >= 0.3 is 0 Å². The quantitative estimate of drug-likeness (QED) is 0.535. The fraction of sp³-hybridized carbons (Fsp3) is 0.391. The van der Waals surface area contributed by atoms with Crippen LogP contribution in [-0.2, 0) is 0 Å². The molecule has 0 spiro atoms. The van der Waals surface area contributed by atoms with Crippen LogP contribution in [0.5, 0.6) is 5.75 Å². The third kappa shape index (κ3) is 7.06. The Labute approximate surface area is 167 Å². The average molecular weight is 383 g/mol. The van der Waals surface area contributed by atoms with Crippen LogP contribution in [0.2, 0.25) is 0 Å². The van der Waals surface area contributed by atoms with Gasteiger partial charge in [0.2, 0.25) is 0 Å². The lowest BCUT2D eigenvalue weighted by molar-refractivity contribution is 0.0952. The van der Waals surface area contributed by atoms with Crippen molar-refractivity contribution in [2.75, 3.05) is 18.5 Å². The van der Waals surface area contributed by atoms with Crippen LogP contribution in [0.15, 0.2) is 48.5 Å². The summed E-state index contributed by atoms with van der Waals surface area (Å²) >= 11 is 0. The maximum Gasteiger partial charge on any atom is 0.255 e. The summed E-state index contributed by atoms with van der Waals surface area (Å²) in [4.78, 5) is 24.5. The number of benzene rings is 2. The predicted molar refractivity (Wildman–Crippen MR) is 113 cm³/mol. The van der Waals surface area contributed by atoms with Gasteiger partial charge in [-0.2, -0.15) is 0 Å². The molecule has 0 aromatic heterocycles. The number of unbranched alkanes of at least 4 members (excludes halogenated alkanes) is 3. The minimum atomic E-state index is -0.222. The first-order chi connectivity index (χ1) is 13.6. The van der Waals surface area contributed by atoms with Crippen molar-refractivity contribution in [2.24, 2.45) is 0 Å². The largest absolute Gasteiger partial charge is 0.494 e. The van der Waals surface area contributed by atoms with Crippen molar-refractivity contribution >= 4 is 17.5 Å². The Kier molecular flexibility index (Phi) is 9.05. The minimum absolute atomic E-state index is 0.140. The van der Waals surface area contributed by atoms with Crippen LogP contribution in [0.1, 0.15) is 66.7 Å². The van der Waals surface area contributed by atoms with Gasteiger partial charge in [0.05, 0.1) is 6.61 Å². The van der Waals surface area contributed by atoms with Gasteiger partial charge in [0, 0.05) is 23.4 Å². The number of hydrogen-bond donors (Lipinski definition) is 2. The Morgan fingerprint density at radius 3 is 2.36 bits per heavy atom. The Morgan fingerprint density at radius 2 is 1.64 bits per heavy atom. The molecule has 2 aromatic carbocycles. The summed E-state index contributed by atoms with van der Waals surface area (Å²) in [7, 11) is 0. The van der Waals surface area contributed by atoms with E-state index in [2.05, 4.69) is 17.6 Å².